The van der Waals surface area contributed by atoms with Gasteiger partial charge >= 0.3 is 10.1 Å². The Labute approximate surface area is 296 Å². The Balaban J connectivity index is 1.21. The van der Waals surface area contributed by atoms with Gasteiger partial charge in [-0.2, -0.15) is 8.42 Å². The standard InChI is InChI=1S/C38H35N5O6S2/c44-38(43-21-19-42(20-22-43)31-11-3-1-4-12-31)34(41-27-50(45,46)35-15-7-9-28-24-39-18-17-33(28)35)23-30-26-40-25-29-10-8-16-36(37(29)30)51(47,48)49-32-13-5-2-6-14-32/h1-18,24-26,34,41H,19-23,27H2/t34-/m0/s1. The van der Waals surface area contributed by atoms with Crippen molar-refractivity contribution >= 4 is 53.1 Å². The molecule has 6 aromatic rings. The third-order valence-electron chi connectivity index (χ3n) is 8.97. The number of carbonyl (C=O) groups excluding carboxylic acids is 1. The molecule has 3 heterocycles. The second kappa shape index (κ2) is 14.5. The number of hydrogen-bond donors (Lipinski definition) is 1. The van der Waals surface area contributed by atoms with Crippen LogP contribution in [0.25, 0.3) is 21.5 Å². The van der Waals surface area contributed by atoms with Crippen LogP contribution in [0.2, 0.25) is 0 Å². The van der Waals surface area contributed by atoms with Crippen molar-refractivity contribution in [3.8, 4) is 5.75 Å². The maximum Gasteiger partial charge on any atom is 0.339 e. The normalized spacial score (nSPS) is 14.4. The monoisotopic (exact) mass is 721 g/mol. The molecule has 1 amide bonds. The van der Waals surface area contributed by atoms with Crippen LogP contribution in [-0.2, 0) is 31.2 Å². The minimum Gasteiger partial charge on any atom is -0.379 e. The fourth-order valence-electron chi connectivity index (χ4n) is 6.45. The lowest BCUT2D eigenvalue weighted by Gasteiger charge is -2.37. The second-order valence-electron chi connectivity index (χ2n) is 12.2. The number of sulfone groups is 1. The SMILES string of the molecule is O=C([C@H](Cc1cncc2cccc(S(=O)(=O)Oc3ccccc3)c12)NCS(=O)(=O)c1cccc2cnccc12)N1CCN(c2ccccc2)CC1. The van der Waals surface area contributed by atoms with Gasteiger partial charge in [0.05, 0.1) is 10.9 Å². The number of nitrogens with zero attached hydrogens (tertiary/aromatic N) is 4. The molecule has 13 heteroatoms. The molecule has 0 radical (unpaired) electrons. The zero-order valence-electron chi connectivity index (χ0n) is 27.5. The molecule has 0 spiro atoms. The maximum atomic E-state index is 14.3. The summed E-state index contributed by atoms with van der Waals surface area (Å²) in [5.74, 6) is -0.670. The molecular formula is C38H35N5O6S2. The molecular weight excluding hydrogens is 687 g/mol. The van der Waals surface area contributed by atoms with Crippen molar-refractivity contribution in [2.75, 3.05) is 37.0 Å². The Hall–Kier alpha value is -5.37. The number of benzene rings is 4. The lowest BCUT2D eigenvalue weighted by Crippen LogP contribution is -2.55. The second-order valence-corrected chi connectivity index (χ2v) is 15.7. The fourth-order valence-corrected chi connectivity index (χ4v) is 9.03. The zero-order chi connectivity index (χ0) is 35.4. The van der Waals surface area contributed by atoms with Gasteiger partial charge in [-0.05, 0) is 54.4 Å². The van der Waals surface area contributed by atoms with E-state index in [0.717, 1.165) is 5.69 Å². The van der Waals surface area contributed by atoms with Crippen molar-refractivity contribution in [2.24, 2.45) is 0 Å². The fraction of sp³-hybridized carbons (Fsp3) is 0.184. The summed E-state index contributed by atoms with van der Waals surface area (Å²) in [6.45, 7) is 2.04. The largest absolute Gasteiger partial charge is 0.379 e. The van der Waals surface area contributed by atoms with E-state index >= 15 is 0 Å². The molecule has 260 valence electrons. The Morgan fingerprint density at radius 3 is 2.14 bits per heavy atom. The molecule has 0 aliphatic carbocycles. The van der Waals surface area contributed by atoms with Crippen LogP contribution >= 0.6 is 0 Å². The average Bonchev–Trinajstić information content (AvgIpc) is 3.16. The molecule has 11 nitrogen and oxygen atoms in total. The van der Waals surface area contributed by atoms with Crippen molar-refractivity contribution in [3.05, 3.63) is 133 Å². The Morgan fingerprint density at radius 1 is 0.725 bits per heavy atom. The van der Waals surface area contributed by atoms with E-state index < -0.39 is 31.9 Å². The molecule has 0 saturated carbocycles. The van der Waals surface area contributed by atoms with Crippen molar-refractivity contribution in [1.82, 2.24) is 20.2 Å². The van der Waals surface area contributed by atoms with Crippen LogP contribution in [0.1, 0.15) is 5.56 Å². The molecule has 1 N–H and O–H groups in total. The van der Waals surface area contributed by atoms with Crippen molar-refractivity contribution in [2.45, 2.75) is 22.3 Å². The Bertz CT molecular complexity index is 2390. The van der Waals surface area contributed by atoms with Crippen LogP contribution < -0.4 is 14.4 Å². The summed E-state index contributed by atoms with van der Waals surface area (Å²) in [6.07, 6.45) is 6.17. The summed E-state index contributed by atoms with van der Waals surface area (Å²) in [5, 5.41) is 5.14. The number of rotatable bonds is 11. The molecule has 1 saturated heterocycles. The number of pyridine rings is 2. The van der Waals surface area contributed by atoms with E-state index in [2.05, 4.69) is 20.2 Å². The van der Waals surface area contributed by atoms with Crippen molar-refractivity contribution in [3.63, 3.8) is 0 Å². The molecule has 51 heavy (non-hydrogen) atoms. The van der Waals surface area contributed by atoms with E-state index in [1.807, 2.05) is 30.3 Å². The van der Waals surface area contributed by atoms with Gasteiger partial charge in [0.2, 0.25) is 5.91 Å². The Kier molecular flexibility index (Phi) is 9.67. The molecule has 4 aromatic carbocycles. The predicted molar refractivity (Wildman–Crippen MR) is 196 cm³/mol. The highest BCUT2D eigenvalue weighted by Crippen LogP contribution is 2.30. The summed E-state index contributed by atoms with van der Waals surface area (Å²) in [5.41, 5.74) is 1.51. The predicted octanol–water partition coefficient (Wildman–Crippen LogP) is 4.83. The van der Waals surface area contributed by atoms with Crippen LogP contribution in [0.5, 0.6) is 5.75 Å². The Morgan fingerprint density at radius 2 is 1.39 bits per heavy atom. The highest BCUT2D eigenvalue weighted by molar-refractivity contribution is 7.91. The highest BCUT2D eigenvalue weighted by Gasteiger charge is 2.31. The summed E-state index contributed by atoms with van der Waals surface area (Å²) < 4.78 is 60.6. The molecule has 0 unspecified atom stereocenters. The summed E-state index contributed by atoms with van der Waals surface area (Å²) in [6, 6.07) is 28.6. The number of anilines is 1. The number of hydrogen-bond acceptors (Lipinski definition) is 10. The van der Waals surface area contributed by atoms with Crippen LogP contribution in [-0.4, -0.2) is 75.7 Å². The van der Waals surface area contributed by atoms with Gasteiger partial charge in [-0.1, -0.05) is 60.7 Å². The van der Waals surface area contributed by atoms with Gasteiger partial charge in [0.1, 0.15) is 16.5 Å². The van der Waals surface area contributed by atoms with E-state index in [1.54, 1.807) is 78.0 Å². The van der Waals surface area contributed by atoms with Gasteiger partial charge in [0.25, 0.3) is 0 Å². The molecule has 2 aromatic heterocycles. The van der Waals surface area contributed by atoms with Crippen LogP contribution in [0, 0.1) is 0 Å². The minimum atomic E-state index is -4.31. The van der Waals surface area contributed by atoms with Gasteiger partial charge in [-0.3, -0.25) is 20.1 Å². The minimum absolute atomic E-state index is 0.0328. The van der Waals surface area contributed by atoms with Crippen LogP contribution in [0.4, 0.5) is 5.69 Å². The van der Waals surface area contributed by atoms with Gasteiger partial charge in [0.15, 0.2) is 9.84 Å². The van der Waals surface area contributed by atoms with E-state index in [-0.39, 0.29) is 27.9 Å². The van der Waals surface area contributed by atoms with Crippen molar-refractivity contribution < 1.29 is 25.8 Å². The van der Waals surface area contributed by atoms with Crippen molar-refractivity contribution in [1.29, 1.82) is 0 Å². The lowest BCUT2D eigenvalue weighted by molar-refractivity contribution is -0.133. The number of piperazine rings is 1. The third kappa shape index (κ3) is 7.41. The first-order chi connectivity index (χ1) is 24.7. The summed E-state index contributed by atoms with van der Waals surface area (Å²) >= 11 is 0. The summed E-state index contributed by atoms with van der Waals surface area (Å²) in [4.78, 5) is 26.8. The van der Waals surface area contributed by atoms with E-state index in [4.69, 9.17) is 4.18 Å². The van der Waals surface area contributed by atoms with E-state index in [9.17, 15) is 21.6 Å². The molecule has 0 bridgehead atoms. The highest BCUT2D eigenvalue weighted by atomic mass is 32.2. The number of carbonyl (C=O) groups is 1. The first kappa shape index (κ1) is 34.1. The van der Waals surface area contributed by atoms with E-state index in [1.165, 1.54) is 24.5 Å². The topological polar surface area (TPSA) is 139 Å². The van der Waals surface area contributed by atoms with Crippen LogP contribution in [0.3, 0.4) is 0 Å². The summed E-state index contributed by atoms with van der Waals surface area (Å²) in [7, 11) is -8.25. The van der Waals surface area contributed by atoms with Gasteiger partial charge in [-0.15, -0.1) is 0 Å². The number of para-hydroxylation sites is 2. The van der Waals surface area contributed by atoms with Gasteiger partial charge in [-0.25, -0.2) is 8.42 Å². The average molecular weight is 722 g/mol. The lowest BCUT2D eigenvalue weighted by atomic mass is 10.0. The first-order valence-electron chi connectivity index (χ1n) is 16.4. The molecule has 1 aliphatic heterocycles. The molecule has 7 rings (SSSR count). The van der Waals surface area contributed by atoms with Gasteiger partial charge in [0, 0.05) is 78.2 Å². The number of fused-ring (bicyclic) bond motifs is 2. The number of aromatic nitrogens is 2. The maximum absolute atomic E-state index is 14.3. The zero-order valence-corrected chi connectivity index (χ0v) is 29.1. The van der Waals surface area contributed by atoms with Gasteiger partial charge < -0.3 is 14.0 Å². The smallest absolute Gasteiger partial charge is 0.339 e. The first-order valence-corrected chi connectivity index (χ1v) is 19.5. The number of nitrogens with one attached hydrogen (secondary N) is 1. The third-order valence-corrected chi connectivity index (χ3v) is 11.8. The number of amides is 1. The van der Waals surface area contributed by atoms with Crippen LogP contribution in [0.15, 0.2) is 138 Å². The quantitative estimate of drug-likeness (QED) is 0.185. The molecule has 1 aliphatic rings. The molecule has 1 fully saturated rings. The van der Waals surface area contributed by atoms with E-state index in [0.29, 0.717) is 53.3 Å². The molecule has 1 atom stereocenters.